The van der Waals surface area contributed by atoms with Crippen molar-refractivity contribution in [3.8, 4) is 0 Å². The summed E-state index contributed by atoms with van der Waals surface area (Å²) in [7, 11) is 1.65. The molecule has 0 radical (unpaired) electrons. The highest BCUT2D eigenvalue weighted by molar-refractivity contribution is 5.99. The van der Waals surface area contributed by atoms with E-state index in [9.17, 15) is 19.2 Å². The number of carbonyl (C=O) groups excluding carboxylic acids is 4. The number of nitrogens with zero attached hydrogens (tertiary/aromatic N) is 2. The van der Waals surface area contributed by atoms with Crippen LogP contribution in [0.4, 0.5) is 0 Å². The molecule has 4 amide bonds. The van der Waals surface area contributed by atoms with Crippen LogP contribution in [-0.2, 0) is 14.3 Å². The summed E-state index contributed by atoms with van der Waals surface area (Å²) in [4.78, 5) is 57.4. The molecule has 2 saturated carbocycles. The van der Waals surface area contributed by atoms with Crippen molar-refractivity contribution in [3.63, 3.8) is 0 Å². The van der Waals surface area contributed by atoms with E-state index in [-0.39, 0.29) is 66.7 Å². The van der Waals surface area contributed by atoms with Gasteiger partial charge >= 0.3 is 0 Å². The summed E-state index contributed by atoms with van der Waals surface area (Å²) in [6.07, 6.45) is 2.57. The van der Waals surface area contributed by atoms with Crippen LogP contribution in [0.15, 0.2) is 84.9 Å². The average molecular weight is 621 g/mol. The largest absolute Gasteiger partial charge is 0.380 e. The minimum Gasteiger partial charge on any atom is -0.380 e. The van der Waals surface area contributed by atoms with Crippen molar-refractivity contribution in [2.24, 2.45) is 11.8 Å². The Bertz CT molecular complexity index is 1520. The molecule has 0 bridgehead atoms. The molecule has 9 nitrogen and oxygen atoms in total. The van der Waals surface area contributed by atoms with Crippen LogP contribution >= 0.6 is 0 Å². The minimum absolute atomic E-state index is 0.0223. The van der Waals surface area contributed by atoms with Crippen LogP contribution in [0.3, 0.4) is 0 Å². The van der Waals surface area contributed by atoms with E-state index in [1.54, 1.807) is 41.2 Å². The molecule has 2 N–H and O–H groups in total. The lowest BCUT2D eigenvalue weighted by atomic mass is 9.94. The zero-order chi connectivity index (χ0) is 31.8. The van der Waals surface area contributed by atoms with Gasteiger partial charge in [-0.2, -0.15) is 0 Å². The molecule has 238 valence electrons. The van der Waals surface area contributed by atoms with Crippen molar-refractivity contribution in [1.29, 1.82) is 0 Å². The van der Waals surface area contributed by atoms with Crippen molar-refractivity contribution in [2.45, 2.75) is 49.3 Å². The number of ether oxygens (including phenoxy) is 1. The van der Waals surface area contributed by atoms with E-state index in [0.29, 0.717) is 24.2 Å². The Morgan fingerprint density at radius 3 is 1.52 bits per heavy atom. The standard InChI is InChI=1S/C37H40N4O5/c1-46-27-16-17-40(20-27)36(44)25-12-14-26(15-13-25)37(45)41-21-30(34(42)38-32-18-28(32)23-8-4-2-5-9-23)31(22-41)35(43)39-33-19-29(33)24-10-6-3-7-11-24/h2-15,27-33H,16-22H2,1H3,(H,38,42)(H,39,43)/t27-,28+,29+,30+,31+,32-,33-/m0/s1. The topological polar surface area (TPSA) is 108 Å². The molecule has 9 heteroatoms. The van der Waals surface area contributed by atoms with E-state index < -0.39 is 11.8 Å². The van der Waals surface area contributed by atoms with Gasteiger partial charge in [0.1, 0.15) is 0 Å². The number of rotatable bonds is 9. The quantitative estimate of drug-likeness (QED) is 0.381. The van der Waals surface area contributed by atoms with Gasteiger partial charge in [-0.1, -0.05) is 60.7 Å². The van der Waals surface area contributed by atoms with Crippen molar-refractivity contribution >= 4 is 23.6 Å². The highest BCUT2D eigenvalue weighted by Crippen LogP contribution is 2.42. The molecule has 2 aliphatic heterocycles. The second-order valence-electron chi connectivity index (χ2n) is 13.1. The van der Waals surface area contributed by atoms with E-state index in [0.717, 1.165) is 19.3 Å². The molecule has 7 rings (SSSR count). The summed E-state index contributed by atoms with van der Waals surface area (Å²) in [5.41, 5.74) is 3.32. The summed E-state index contributed by atoms with van der Waals surface area (Å²) in [6, 6.07) is 26.9. The van der Waals surface area contributed by atoms with Gasteiger partial charge in [-0.05, 0) is 54.7 Å². The number of nitrogens with one attached hydrogen (secondary N) is 2. The van der Waals surface area contributed by atoms with Gasteiger partial charge in [0, 0.05) is 68.3 Å². The lowest BCUT2D eigenvalue weighted by Gasteiger charge is -2.18. The molecule has 0 unspecified atom stereocenters. The number of carbonyl (C=O) groups is 4. The van der Waals surface area contributed by atoms with Gasteiger partial charge in [-0.15, -0.1) is 0 Å². The lowest BCUT2D eigenvalue weighted by molar-refractivity contribution is -0.133. The molecule has 0 spiro atoms. The van der Waals surface area contributed by atoms with Gasteiger partial charge < -0.3 is 25.2 Å². The van der Waals surface area contributed by atoms with Crippen LogP contribution in [0.2, 0.25) is 0 Å². The fourth-order valence-corrected chi connectivity index (χ4v) is 7.15. The SMILES string of the molecule is CO[C@H]1CCN(C(=O)c2ccc(C(=O)N3C[C@@H](C(=O)N[C@H]4C[C@@H]4c4ccccc4)[C@H](C(=O)N[C@H]4C[C@@H]4c4ccccc4)C3)cc2)C1. The molecule has 0 aromatic heterocycles. The van der Waals surface area contributed by atoms with E-state index >= 15 is 0 Å². The van der Waals surface area contributed by atoms with Crippen LogP contribution in [0.1, 0.15) is 62.9 Å². The summed E-state index contributed by atoms with van der Waals surface area (Å²) < 4.78 is 5.38. The summed E-state index contributed by atoms with van der Waals surface area (Å²) in [6.45, 7) is 1.51. The van der Waals surface area contributed by atoms with Crippen LogP contribution < -0.4 is 10.6 Å². The summed E-state index contributed by atoms with van der Waals surface area (Å²) in [5, 5.41) is 6.36. The Balaban J connectivity index is 1.03. The van der Waals surface area contributed by atoms with Crippen molar-refractivity contribution in [3.05, 3.63) is 107 Å². The van der Waals surface area contributed by atoms with Gasteiger partial charge in [0.2, 0.25) is 11.8 Å². The third-order valence-electron chi connectivity index (χ3n) is 10.1. The van der Waals surface area contributed by atoms with Gasteiger partial charge in [0.25, 0.3) is 11.8 Å². The summed E-state index contributed by atoms with van der Waals surface area (Å²) >= 11 is 0. The monoisotopic (exact) mass is 620 g/mol. The van der Waals surface area contributed by atoms with Crippen LogP contribution in [0.5, 0.6) is 0 Å². The number of amides is 4. The number of likely N-dealkylation sites (tertiary alicyclic amines) is 2. The first kappa shape index (κ1) is 30.2. The highest BCUT2D eigenvalue weighted by Gasteiger charge is 2.49. The molecular weight excluding hydrogens is 580 g/mol. The van der Waals surface area contributed by atoms with E-state index in [2.05, 4.69) is 34.9 Å². The third kappa shape index (κ3) is 6.29. The third-order valence-corrected chi connectivity index (χ3v) is 10.1. The summed E-state index contributed by atoms with van der Waals surface area (Å²) in [5.74, 6) is -1.50. The molecule has 2 saturated heterocycles. The Hall–Kier alpha value is -4.50. The Morgan fingerprint density at radius 2 is 1.09 bits per heavy atom. The molecular formula is C37H40N4O5. The smallest absolute Gasteiger partial charge is 0.253 e. The predicted octanol–water partition coefficient (Wildman–Crippen LogP) is 3.58. The van der Waals surface area contributed by atoms with Gasteiger partial charge in [0.15, 0.2) is 0 Å². The Labute approximate surface area is 269 Å². The first-order chi connectivity index (χ1) is 22.4. The maximum atomic E-state index is 13.7. The fourth-order valence-electron chi connectivity index (χ4n) is 7.15. The predicted molar refractivity (Wildman–Crippen MR) is 172 cm³/mol. The first-order valence-electron chi connectivity index (χ1n) is 16.3. The molecule has 3 aromatic carbocycles. The molecule has 4 aliphatic rings. The molecule has 7 atom stereocenters. The lowest BCUT2D eigenvalue weighted by Crippen LogP contribution is -2.43. The van der Waals surface area contributed by atoms with Crippen LogP contribution in [0.25, 0.3) is 0 Å². The molecule has 2 heterocycles. The number of benzene rings is 3. The fraction of sp³-hybridized carbons (Fsp3) is 0.405. The van der Waals surface area contributed by atoms with Crippen molar-refractivity contribution < 1.29 is 23.9 Å². The zero-order valence-electron chi connectivity index (χ0n) is 26.0. The highest BCUT2D eigenvalue weighted by atomic mass is 16.5. The van der Waals surface area contributed by atoms with Crippen molar-refractivity contribution in [1.82, 2.24) is 20.4 Å². The molecule has 3 aromatic rings. The molecule has 2 aliphatic carbocycles. The maximum Gasteiger partial charge on any atom is 0.253 e. The Kier molecular flexibility index (Phi) is 8.34. The second-order valence-corrected chi connectivity index (χ2v) is 13.1. The number of hydrogen-bond acceptors (Lipinski definition) is 5. The van der Waals surface area contributed by atoms with Crippen molar-refractivity contribution in [2.75, 3.05) is 33.3 Å². The Morgan fingerprint density at radius 1 is 0.630 bits per heavy atom. The van der Waals surface area contributed by atoms with E-state index in [4.69, 9.17) is 4.74 Å². The maximum absolute atomic E-state index is 13.7. The van der Waals surface area contributed by atoms with E-state index in [1.165, 1.54) is 11.1 Å². The molecule has 46 heavy (non-hydrogen) atoms. The number of methoxy groups -OCH3 is 1. The second kappa shape index (κ2) is 12.7. The zero-order valence-corrected chi connectivity index (χ0v) is 26.0. The number of hydrogen-bond donors (Lipinski definition) is 2. The first-order valence-corrected chi connectivity index (χ1v) is 16.3. The van der Waals surface area contributed by atoms with Crippen LogP contribution in [-0.4, -0.2) is 84.9 Å². The van der Waals surface area contributed by atoms with Gasteiger partial charge in [-0.25, -0.2) is 0 Å². The van der Waals surface area contributed by atoms with Crippen LogP contribution in [0, 0.1) is 11.8 Å². The molecule has 4 fully saturated rings. The average Bonchev–Trinajstić information content (AvgIpc) is 3.92. The normalized spacial score (nSPS) is 28.1. The van der Waals surface area contributed by atoms with E-state index in [1.807, 2.05) is 36.4 Å². The van der Waals surface area contributed by atoms with Gasteiger partial charge in [0.05, 0.1) is 17.9 Å². The minimum atomic E-state index is -0.653. The van der Waals surface area contributed by atoms with Gasteiger partial charge in [-0.3, -0.25) is 19.2 Å².